The van der Waals surface area contributed by atoms with Gasteiger partial charge < -0.3 is 9.26 Å². The van der Waals surface area contributed by atoms with Crippen LogP contribution in [0.2, 0.25) is 5.02 Å². The Balaban J connectivity index is 1.91. The molecule has 0 aliphatic rings. The van der Waals surface area contributed by atoms with Crippen LogP contribution in [0.25, 0.3) is 16.6 Å². The van der Waals surface area contributed by atoms with Crippen molar-refractivity contribution in [2.45, 2.75) is 44.0 Å². The first kappa shape index (κ1) is 22.4. The molecular weight excluding hydrogens is 448 g/mol. The molecule has 7 nitrogen and oxygen atoms in total. The normalized spacial score (nSPS) is 12.5. The molecule has 0 radical (unpaired) electrons. The summed E-state index contributed by atoms with van der Waals surface area (Å²) in [5.41, 5.74) is 1.92. The molecule has 0 N–H and O–H groups in total. The smallest absolute Gasteiger partial charge is 0.266 e. The summed E-state index contributed by atoms with van der Waals surface area (Å²) in [6, 6.07) is 10.7. The number of benzene rings is 2. The summed E-state index contributed by atoms with van der Waals surface area (Å²) >= 11 is 7.53. The molecule has 0 spiro atoms. The van der Waals surface area contributed by atoms with Gasteiger partial charge in [-0.2, -0.15) is 4.98 Å². The van der Waals surface area contributed by atoms with E-state index in [0.29, 0.717) is 44.2 Å². The molecular formula is C23H23ClN4O3S. The third kappa shape index (κ3) is 4.25. The number of ether oxygens (including phenoxy) is 1. The van der Waals surface area contributed by atoms with Crippen LogP contribution < -0.4 is 10.3 Å². The maximum Gasteiger partial charge on any atom is 0.266 e. The number of methoxy groups -OCH3 is 1. The lowest BCUT2D eigenvalue weighted by Crippen LogP contribution is -2.22. The Morgan fingerprint density at radius 2 is 1.91 bits per heavy atom. The lowest BCUT2D eigenvalue weighted by molar-refractivity contribution is 0.373. The van der Waals surface area contributed by atoms with Crippen LogP contribution in [0.1, 0.15) is 49.2 Å². The minimum Gasteiger partial charge on any atom is -0.495 e. The topological polar surface area (TPSA) is 83.0 Å². The van der Waals surface area contributed by atoms with E-state index in [9.17, 15) is 4.79 Å². The fourth-order valence-corrected chi connectivity index (χ4v) is 4.38. The van der Waals surface area contributed by atoms with Gasteiger partial charge in [-0.15, -0.1) is 0 Å². The van der Waals surface area contributed by atoms with Gasteiger partial charge in [-0.25, -0.2) is 4.98 Å². The van der Waals surface area contributed by atoms with Gasteiger partial charge in [0.15, 0.2) is 11.0 Å². The van der Waals surface area contributed by atoms with Gasteiger partial charge in [-0.1, -0.05) is 48.4 Å². The zero-order chi connectivity index (χ0) is 23.0. The van der Waals surface area contributed by atoms with Crippen molar-refractivity contribution in [1.29, 1.82) is 0 Å². The molecule has 1 atom stereocenters. The summed E-state index contributed by atoms with van der Waals surface area (Å²) in [5.74, 6) is 1.84. The first-order chi connectivity index (χ1) is 15.3. The molecule has 2 heterocycles. The summed E-state index contributed by atoms with van der Waals surface area (Å²) < 4.78 is 12.6. The molecule has 166 valence electrons. The van der Waals surface area contributed by atoms with Crippen LogP contribution in [-0.4, -0.2) is 26.8 Å². The van der Waals surface area contributed by atoms with Crippen molar-refractivity contribution in [3.05, 3.63) is 69.1 Å². The van der Waals surface area contributed by atoms with Crippen molar-refractivity contribution in [1.82, 2.24) is 19.7 Å². The van der Waals surface area contributed by atoms with Crippen LogP contribution in [0.3, 0.4) is 0 Å². The summed E-state index contributed by atoms with van der Waals surface area (Å²) in [4.78, 5) is 22.9. The predicted molar refractivity (Wildman–Crippen MR) is 126 cm³/mol. The van der Waals surface area contributed by atoms with E-state index in [1.807, 2.05) is 45.9 Å². The second-order valence-corrected chi connectivity index (χ2v) is 9.52. The van der Waals surface area contributed by atoms with Crippen molar-refractivity contribution < 1.29 is 9.26 Å². The van der Waals surface area contributed by atoms with Crippen molar-refractivity contribution >= 4 is 34.3 Å². The number of hydrogen-bond donors (Lipinski definition) is 0. The maximum absolute atomic E-state index is 13.6. The molecule has 0 saturated heterocycles. The van der Waals surface area contributed by atoms with Gasteiger partial charge in [0.25, 0.3) is 5.56 Å². The molecule has 0 aliphatic carbocycles. The second-order valence-electron chi connectivity index (χ2n) is 7.78. The largest absolute Gasteiger partial charge is 0.495 e. The van der Waals surface area contributed by atoms with Gasteiger partial charge in [0, 0.05) is 10.9 Å². The Labute approximate surface area is 194 Å². The van der Waals surface area contributed by atoms with Crippen LogP contribution in [-0.2, 0) is 0 Å². The highest BCUT2D eigenvalue weighted by Gasteiger charge is 2.23. The van der Waals surface area contributed by atoms with Crippen LogP contribution in [0.5, 0.6) is 5.75 Å². The van der Waals surface area contributed by atoms with E-state index < -0.39 is 0 Å². The number of rotatable bonds is 6. The monoisotopic (exact) mass is 470 g/mol. The highest BCUT2D eigenvalue weighted by Crippen LogP contribution is 2.36. The van der Waals surface area contributed by atoms with Crippen molar-refractivity contribution in [3.63, 3.8) is 0 Å². The lowest BCUT2D eigenvalue weighted by Gasteiger charge is -2.17. The molecule has 4 aromatic rings. The Bertz CT molecular complexity index is 1350. The molecule has 0 saturated carbocycles. The van der Waals surface area contributed by atoms with Gasteiger partial charge in [-0.05, 0) is 49.7 Å². The average molecular weight is 471 g/mol. The summed E-state index contributed by atoms with van der Waals surface area (Å²) in [5, 5.41) is 5.27. The number of aromatic nitrogens is 4. The van der Waals surface area contributed by atoms with Crippen LogP contribution in [0, 0.1) is 6.92 Å². The van der Waals surface area contributed by atoms with Crippen molar-refractivity contribution in [2.75, 3.05) is 7.11 Å². The number of halogens is 1. The first-order valence-electron chi connectivity index (χ1n) is 10.2. The summed E-state index contributed by atoms with van der Waals surface area (Å²) in [7, 11) is 1.58. The van der Waals surface area contributed by atoms with Gasteiger partial charge in [0.2, 0.25) is 5.89 Å². The van der Waals surface area contributed by atoms with Gasteiger partial charge >= 0.3 is 0 Å². The number of nitrogens with zero attached hydrogens (tertiary/aromatic N) is 4. The highest BCUT2D eigenvalue weighted by molar-refractivity contribution is 7.99. The Kier molecular flexibility index (Phi) is 6.26. The highest BCUT2D eigenvalue weighted by atomic mass is 35.5. The molecule has 0 aliphatic heterocycles. The molecule has 0 amide bonds. The van der Waals surface area contributed by atoms with Crippen LogP contribution in [0.15, 0.2) is 50.9 Å². The number of hydrogen-bond acceptors (Lipinski definition) is 7. The Hall–Kier alpha value is -2.84. The molecule has 2 aromatic heterocycles. The first-order valence-corrected chi connectivity index (χ1v) is 11.4. The SMILES string of the molecule is COc1ccc(C)cc1-n1c(SC(C)c2nc(C(C)C)no2)nc2cc(Cl)ccc2c1=O. The van der Waals surface area contributed by atoms with E-state index in [4.69, 9.17) is 25.8 Å². The average Bonchev–Trinajstić information content (AvgIpc) is 3.24. The van der Waals surface area contributed by atoms with E-state index in [1.54, 1.807) is 29.9 Å². The van der Waals surface area contributed by atoms with Crippen LogP contribution in [0.4, 0.5) is 0 Å². The zero-order valence-corrected chi connectivity index (χ0v) is 20.0. The third-order valence-electron chi connectivity index (χ3n) is 4.98. The molecule has 4 rings (SSSR count). The quantitative estimate of drug-likeness (QED) is 0.263. The van der Waals surface area contributed by atoms with E-state index in [0.717, 1.165) is 5.56 Å². The minimum atomic E-state index is -0.236. The lowest BCUT2D eigenvalue weighted by atomic mass is 10.2. The Morgan fingerprint density at radius 3 is 2.59 bits per heavy atom. The van der Waals surface area contributed by atoms with E-state index >= 15 is 0 Å². The fourth-order valence-electron chi connectivity index (χ4n) is 3.26. The van der Waals surface area contributed by atoms with Gasteiger partial charge in [0.05, 0.1) is 29.0 Å². The standard InChI is InChI=1S/C23H23ClN4O3S/c1-12(2)20-26-21(31-27-20)14(4)32-23-25-17-11-15(24)7-8-16(17)22(29)28(23)18-10-13(3)6-9-19(18)30-5/h6-12,14H,1-5H3. The Morgan fingerprint density at radius 1 is 1.12 bits per heavy atom. The number of thioether (sulfide) groups is 1. The molecule has 32 heavy (non-hydrogen) atoms. The zero-order valence-electron chi connectivity index (χ0n) is 18.4. The molecule has 9 heteroatoms. The van der Waals surface area contributed by atoms with Crippen LogP contribution >= 0.6 is 23.4 Å². The predicted octanol–water partition coefficient (Wildman–Crippen LogP) is 5.72. The fraction of sp³-hybridized carbons (Fsp3) is 0.304. The van der Waals surface area contributed by atoms with E-state index in [1.165, 1.54) is 11.8 Å². The molecule has 2 aromatic carbocycles. The maximum atomic E-state index is 13.6. The van der Waals surface area contributed by atoms with Gasteiger partial charge in [0.1, 0.15) is 5.75 Å². The van der Waals surface area contributed by atoms with Gasteiger partial charge in [-0.3, -0.25) is 9.36 Å². The van der Waals surface area contributed by atoms with Crippen molar-refractivity contribution in [3.8, 4) is 11.4 Å². The number of fused-ring (bicyclic) bond motifs is 1. The van der Waals surface area contributed by atoms with E-state index in [2.05, 4.69) is 10.1 Å². The molecule has 0 bridgehead atoms. The summed E-state index contributed by atoms with van der Waals surface area (Å²) in [6.45, 7) is 7.91. The second kappa shape index (κ2) is 8.96. The van der Waals surface area contributed by atoms with Crippen molar-refractivity contribution in [2.24, 2.45) is 0 Å². The molecule has 1 unspecified atom stereocenters. The number of aryl methyl sites for hydroxylation is 1. The minimum absolute atomic E-state index is 0.153. The summed E-state index contributed by atoms with van der Waals surface area (Å²) in [6.07, 6.45) is 0. The third-order valence-corrected chi connectivity index (χ3v) is 6.25. The molecule has 0 fully saturated rings. The van der Waals surface area contributed by atoms with E-state index in [-0.39, 0.29) is 16.7 Å².